The Hall–Kier alpha value is -1.88. The van der Waals surface area contributed by atoms with E-state index >= 15 is 0 Å². The van der Waals surface area contributed by atoms with Gasteiger partial charge in [-0.1, -0.05) is 63.4 Å². The number of nitrogens with zero attached hydrogens (tertiary/aromatic N) is 2. The van der Waals surface area contributed by atoms with Crippen LogP contribution in [0.25, 0.3) is 0 Å². The third-order valence-electron chi connectivity index (χ3n) is 6.34. The van der Waals surface area contributed by atoms with E-state index in [1.165, 1.54) is 6.42 Å². The first-order chi connectivity index (χ1) is 13.1. The van der Waals surface area contributed by atoms with E-state index < -0.39 is 0 Å². The first kappa shape index (κ1) is 19.9. The molecule has 1 spiro atoms. The molecule has 0 aromatic heterocycles. The van der Waals surface area contributed by atoms with Gasteiger partial charge in [0.1, 0.15) is 6.54 Å². The van der Waals surface area contributed by atoms with Gasteiger partial charge in [0, 0.05) is 13.1 Å². The van der Waals surface area contributed by atoms with Crippen molar-refractivity contribution in [1.29, 1.82) is 0 Å². The highest BCUT2D eigenvalue weighted by atomic mass is 16.2. The average Bonchev–Trinajstić information content (AvgIpc) is 2.72. The second-order valence-corrected chi connectivity index (χ2v) is 7.84. The highest BCUT2D eigenvalue weighted by molar-refractivity contribution is 5.94. The van der Waals surface area contributed by atoms with Crippen LogP contribution in [0.15, 0.2) is 30.3 Å². The molecule has 2 amide bonds. The Balaban J connectivity index is 1.65. The van der Waals surface area contributed by atoms with Gasteiger partial charge in [0.2, 0.25) is 11.8 Å². The quantitative estimate of drug-likeness (QED) is 0.715. The molecule has 5 nitrogen and oxygen atoms in total. The molecule has 148 valence electrons. The van der Waals surface area contributed by atoms with Crippen LogP contribution >= 0.6 is 0 Å². The van der Waals surface area contributed by atoms with Crippen molar-refractivity contribution in [1.82, 2.24) is 15.1 Å². The zero-order valence-electron chi connectivity index (χ0n) is 16.7. The highest BCUT2D eigenvalue weighted by Crippen LogP contribution is 2.57. The Kier molecular flexibility index (Phi) is 6.53. The summed E-state index contributed by atoms with van der Waals surface area (Å²) in [6.07, 6.45) is 5.33. The van der Waals surface area contributed by atoms with Crippen LogP contribution in [0.5, 0.6) is 0 Å². The second kappa shape index (κ2) is 8.87. The van der Waals surface area contributed by atoms with Gasteiger partial charge in [0.25, 0.3) is 0 Å². The lowest BCUT2D eigenvalue weighted by Gasteiger charge is -2.58. The number of likely N-dealkylation sites (tertiary alicyclic amines) is 1. The fourth-order valence-electron chi connectivity index (χ4n) is 4.82. The lowest BCUT2D eigenvalue weighted by Crippen LogP contribution is -2.65. The molecule has 27 heavy (non-hydrogen) atoms. The number of likely N-dealkylation sites (N-methyl/N-ethyl adjacent to an activating group) is 1. The van der Waals surface area contributed by atoms with Gasteiger partial charge in [0.05, 0.1) is 11.5 Å². The maximum atomic E-state index is 13.1. The lowest BCUT2D eigenvalue weighted by atomic mass is 9.60. The van der Waals surface area contributed by atoms with Crippen molar-refractivity contribution in [3.05, 3.63) is 35.9 Å². The zero-order chi connectivity index (χ0) is 19.3. The number of benzene rings is 1. The molecule has 0 radical (unpaired) electrons. The number of nitrogens with one attached hydrogen (secondary N) is 1. The molecule has 1 N–H and O–H groups in total. The molecule has 1 aromatic carbocycles. The summed E-state index contributed by atoms with van der Waals surface area (Å²) in [4.78, 5) is 29.6. The van der Waals surface area contributed by atoms with E-state index in [0.29, 0.717) is 6.54 Å². The standard InChI is InChI=1S/C22H33N3O2/c1-3-24(4-2)16-15-23-19(26)17-25-20(18-11-7-5-8-12-18)22(21(25)27)13-9-6-10-14-22/h5,7-8,11-12,20H,3-4,6,9-10,13-17H2,1-2H3,(H,23,26). The molecule has 1 heterocycles. The molecule has 2 fully saturated rings. The predicted molar refractivity (Wildman–Crippen MR) is 107 cm³/mol. The first-order valence-corrected chi connectivity index (χ1v) is 10.5. The number of carbonyl (C=O) groups excluding carboxylic acids is 2. The molecule has 1 atom stereocenters. The SMILES string of the molecule is CCN(CC)CCNC(=O)CN1C(=O)C2(CCCCC2)C1c1ccccc1. The van der Waals surface area contributed by atoms with Crippen LogP contribution in [0.1, 0.15) is 57.6 Å². The molecule has 0 bridgehead atoms. The average molecular weight is 372 g/mol. The van der Waals surface area contributed by atoms with Gasteiger partial charge in [0.15, 0.2) is 0 Å². The highest BCUT2D eigenvalue weighted by Gasteiger charge is 2.60. The molecule has 1 aromatic rings. The lowest BCUT2D eigenvalue weighted by molar-refractivity contribution is -0.180. The Bertz CT molecular complexity index is 636. The zero-order valence-corrected chi connectivity index (χ0v) is 16.7. The van der Waals surface area contributed by atoms with Crippen molar-refractivity contribution in [3.8, 4) is 0 Å². The normalized spacial score (nSPS) is 21.4. The van der Waals surface area contributed by atoms with E-state index in [0.717, 1.165) is 50.9 Å². The van der Waals surface area contributed by atoms with Gasteiger partial charge in [-0.15, -0.1) is 0 Å². The Morgan fingerprint density at radius 2 is 1.81 bits per heavy atom. The molecule has 3 rings (SSSR count). The monoisotopic (exact) mass is 371 g/mol. The van der Waals surface area contributed by atoms with Crippen molar-refractivity contribution in [2.75, 3.05) is 32.7 Å². The fraction of sp³-hybridized carbons (Fsp3) is 0.636. The summed E-state index contributed by atoms with van der Waals surface area (Å²) < 4.78 is 0. The smallest absolute Gasteiger partial charge is 0.239 e. The van der Waals surface area contributed by atoms with E-state index in [1.807, 2.05) is 18.2 Å². The van der Waals surface area contributed by atoms with Crippen LogP contribution < -0.4 is 5.32 Å². The van der Waals surface area contributed by atoms with Gasteiger partial charge >= 0.3 is 0 Å². The second-order valence-electron chi connectivity index (χ2n) is 7.84. The number of amides is 2. The minimum Gasteiger partial charge on any atom is -0.353 e. The topological polar surface area (TPSA) is 52.7 Å². The minimum atomic E-state index is -0.277. The fourth-order valence-corrected chi connectivity index (χ4v) is 4.82. The number of hydrogen-bond donors (Lipinski definition) is 1. The van der Waals surface area contributed by atoms with Crippen LogP contribution in [0.3, 0.4) is 0 Å². The summed E-state index contributed by atoms with van der Waals surface area (Å²) in [5.41, 5.74) is 0.885. The summed E-state index contributed by atoms with van der Waals surface area (Å²) >= 11 is 0. The van der Waals surface area contributed by atoms with E-state index in [1.54, 1.807) is 4.90 Å². The van der Waals surface area contributed by atoms with Crippen molar-refractivity contribution >= 4 is 11.8 Å². The molecule has 1 aliphatic carbocycles. The number of carbonyl (C=O) groups is 2. The van der Waals surface area contributed by atoms with E-state index in [9.17, 15) is 9.59 Å². The van der Waals surface area contributed by atoms with Gasteiger partial charge in [-0.05, 0) is 31.5 Å². The largest absolute Gasteiger partial charge is 0.353 e. The third kappa shape index (κ3) is 4.03. The van der Waals surface area contributed by atoms with Gasteiger partial charge < -0.3 is 15.1 Å². The Morgan fingerprint density at radius 3 is 2.44 bits per heavy atom. The first-order valence-electron chi connectivity index (χ1n) is 10.5. The van der Waals surface area contributed by atoms with E-state index in [4.69, 9.17) is 0 Å². The van der Waals surface area contributed by atoms with Crippen molar-refractivity contribution in [3.63, 3.8) is 0 Å². The molecule has 1 saturated carbocycles. The Morgan fingerprint density at radius 1 is 1.15 bits per heavy atom. The van der Waals surface area contributed by atoms with Gasteiger partial charge in [-0.25, -0.2) is 0 Å². The molecule has 2 aliphatic rings. The van der Waals surface area contributed by atoms with Crippen molar-refractivity contribution in [2.45, 2.75) is 52.0 Å². The number of β-lactam (4-membered cyclic amide) rings is 1. The summed E-state index contributed by atoms with van der Waals surface area (Å²) in [5, 5.41) is 2.99. The summed E-state index contributed by atoms with van der Waals surface area (Å²) in [7, 11) is 0. The summed E-state index contributed by atoms with van der Waals surface area (Å²) in [6.45, 7) is 7.85. The van der Waals surface area contributed by atoms with Crippen molar-refractivity contribution in [2.24, 2.45) is 5.41 Å². The van der Waals surface area contributed by atoms with Crippen LogP contribution in [0.4, 0.5) is 0 Å². The van der Waals surface area contributed by atoms with Crippen molar-refractivity contribution < 1.29 is 9.59 Å². The molecule has 5 heteroatoms. The van der Waals surface area contributed by atoms with Crippen LogP contribution in [0, 0.1) is 5.41 Å². The van der Waals surface area contributed by atoms with Crippen LogP contribution in [0.2, 0.25) is 0 Å². The molecular formula is C22H33N3O2. The maximum absolute atomic E-state index is 13.1. The van der Waals surface area contributed by atoms with E-state index in [2.05, 4.69) is 36.2 Å². The van der Waals surface area contributed by atoms with Crippen LogP contribution in [-0.2, 0) is 9.59 Å². The molecule has 1 unspecified atom stereocenters. The summed E-state index contributed by atoms with van der Waals surface area (Å²) in [5.74, 6) is 0.122. The minimum absolute atomic E-state index is 0.0417. The van der Waals surface area contributed by atoms with Crippen LogP contribution in [-0.4, -0.2) is 54.3 Å². The summed E-state index contributed by atoms with van der Waals surface area (Å²) in [6, 6.07) is 10.3. The number of rotatable bonds is 8. The van der Waals surface area contributed by atoms with Gasteiger partial charge in [-0.3, -0.25) is 9.59 Å². The van der Waals surface area contributed by atoms with Gasteiger partial charge in [-0.2, -0.15) is 0 Å². The molecule has 1 aliphatic heterocycles. The molecule has 1 saturated heterocycles. The number of hydrogen-bond acceptors (Lipinski definition) is 3. The molecular weight excluding hydrogens is 338 g/mol. The Labute approximate surface area is 163 Å². The third-order valence-corrected chi connectivity index (χ3v) is 6.34. The van der Waals surface area contributed by atoms with E-state index in [-0.39, 0.29) is 29.8 Å². The predicted octanol–water partition coefficient (Wildman–Crippen LogP) is 2.98. The maximum Gasteiger partial charge on any atom is 0.239 e.